The Bertz CT molecular complexity index is 4920. The first kappa shape index (κ1) is 104. The third-order valence-corrected chi connectivity index (χ3v) is 25.2. The van der Waals surface area contributed by atoms with Crippen molar-refractivity contribution in [1.29, 1.82) is 5.41 Å². The highest BCUT2D eigenvalue weighted by atomic mass is 32.2. The topological polar surface area (TPSA) is 658 Å². The van der Waals surface area contributed by atoms with Crippen molar-refractivity contribution in [3.63, 3.8) is 0 Å². The molecule has 131 heavy (non-hydrogen) atoms. The highest BCUT2D eigenvalue weighted by Crippen LogP contribution is 2.30. The Morgan fingerprint density at radius 3 is 1.74 bits per heavy atom. The summed E-state index contributed by atoms with van der Waals surface area (Å²) in [5.74, 6) is -18.7. The lowest BCUT2D eigenvalue weighted by atomic mass is 10.00. The first-order valence-electron chi connectivity index (χ1n) is 43.3. The summed E-state index contributed by atoms with van der Waals surface area (Å²) >= 11 is 2.08. The molecular weight excluding hydrogens is 1740 g/mol. The fraction of sp³-hybridized carbons (Fsp3) is 0.535. The van der Waals surface area contributed by atoms with E-state index in [1.807, 2.05) is 19.9 Å². The molecule has 5 heterocycles. The SMILES string of the molecule is CCCC[C@H]1C(=O)N(C)[C@@H](CCCC)C(=O)N[C@@H](CCCNC(=N)N)C(=O)NC(C(=O)NCC(N)=O)CSCC(=O)N[C@@H](Cc2ccc(O)cc2)C(=O)N(C)[C@@H](C)C(=O)N[C@@H](CC(N)=O)C(=O)N2CCC[C@H]2C(=O)N[C@@H](CO)C(=O)N[C@@H](CCO)C(=O)N2C[C@H](O)C[C@H]2C(=O)N[C@@H](Cc2c[nH]c3ccccc23)C(=O)N[C@@H](CO)C(=O)N[C@@H](Cc2csc3ccccc23)C(=O)N1C. The number of carbonyl (C=O) groups excluding carboxylic acids is 17. The predicted molar refractivity (Wildman–Crippen MR) is 480 cm³/mol. The van der Waals surface area contributed by atoms with Gasteiger partial charge in [-0.05, 0) is 104 Å². The van der Waals surface area contributed by atoms with E-state index >= 15 is 28.8 Å². The van der Waals surface area contributed by atoms with Crippen LogP contribution in [0.1, 0.15) is 121 Å². The number of phenolic OH excluding ortho intramolecular Hbond substituents is 1. The summed E-state index contributed by atoms with van der Waals surface area (Å²) in [5, 5.41) is 92.6. The zero-order valence-corrected chi connectivity index (χ0v) is 75.5. The number of unbranched alkanes of at least 4 members (excludes halogenated alkanes) is 2. The normalized spacial score (nSPS) is 25.1. The number of thioether (sulfide) groups is 1. The number of carbonyl (C=O) groups is 17. The average molecular weight is 1870 g/mol. The Labute approximate surface area is 763 Å². The molecule has 15 atom stereocenters. The first-order chi connectivity index (χ1) is 62.4. The van der Waals surface area contributed by atoms with Gasteiger partial charge in [0.05, 0.1) is 38.0 Å². The van der Waals surface area contributed by atoms with Gasteiger partial charge in [0.2, 0.25) is 100 Å². The number of hydrogen-bond acceptors (Lipinski definition) is 25. The third kappa shape index (κ3) is 29.0. The van der Waals surface area contributed by atoms with Crippen molar-refractivity contribution >= 4 is 150 Å². The van der Waals surface area contributed by atoms with Crippen LogP contribution in [0.15, 0.2) is 84.4 Å². The van der Waals surface area contributed by atoms with E-state index in [9.17, 15) is 78.3 Å². The Hall–Kier alpha value is -12.6. The lowest BCUT2D eigenvalue weighted by molar-refractivity contribution is -0.149. The largest absolute Gasteiger partial charge is 0.508 e. The van der Waals surface area contributed by atoms with Crippen LogP contribution in [0.3, 0.4) is 0 Å². The van der Waals surface area contributed by atoms with Gasteiger partial charge in [-0.1, -0.05) is 88.1 Å². The molecule has 43 nitrogen and oxygen atoms in total. The molecular formula is C86H121N21O22S2. The number of likely N-dealkylation sites (N-methyl/N-ethyl adjacent to an activating group) is 3. The second-order valence-corrected chi connectivity index (χ2v) is 34.6. The van der Waals surface area contributed by atoms with Crippen LogP contribution in [0.25, 0.3) is 21.0 Å². The van der Waals surface area contributed by atoms with E-state index in [4.69, 9.17) is 22.6 Å². The van der Waals surface area contributed by atoms with E-state index < -0.39 is 261 Å². The number of H-pyrrole nitrogens is 1. The Morgan fingerprint density at radius 1 is 0.534 bits per heavy atom. The van der Waals surface area contributed by atoms with Gasteiger partial charge in [-0.3, -0.25) is 86.9 Å². The molecule has 714 valence electrons. The monoisotopic (exact) mass is 1860 g/mol. The van der Waals surface area contributed by atoms with Crippen LogP contribution >= 0.6 is 23.1 Å². The average Bonchev–Trinajstić information content (AvgIpc) is 0.927. The van der Waals surface area contributed by atoms with Crippen LogP contribution in [0.4, 0.5) is 0 Å². The molecule has 2 aromatic heterocycles. The van der Waals surface area contributed by atoms with Gasteiger partial charge in [0, 0.05) is 101 Å². The number of nitrogens with two attached hydrogens (primary N) is 3. The zero-order valence-electron chi connectivity index (χ0n) is 73.9. The highest BCUT2D eigenvalue weighted by Gasteiger charge is 2.47. The minimum atomic E-state index is -1.91. The molecule has 0 radical (unpaired) electrons. The van der Waals surface area contributed by atoms with E-state index in [1.165, 1.54) is 63.7 Å². The van der Waals surface area contributed by atoms with Gasteiger partial charge in [0.1, 0.15) is 90.3 Å². The van der Waals surface area contributed by atoms with Crippen LogP contribution < -0.4 is 75.7 Å². The van der Waals surface area contributed by atoms with Crippen LogP contribution in [0, 0.1) is 5.41 Å². The number of para-hydroxylation sites is 1. The molecule has 3 aliphatic rings. The number of benzene rings is 3. The van der Waals surface area contributed by atoms with E-state index in [1.54, 1.807) is 54.0 Å². The number of hydrogen-bond donors (Lipinski definition) is 21. The van der Waals surface area contributed by atoms with Crippen molar-refractivity contribution in [2.75, 3.05) is 78.6 Å². The summed E-state index contributed by atoms with van der Waals surface area (Å²) < 4.78 is 0.798. The molecule has 45 heteroatoms. The Morgan fingerprint density at radius 2 is 1.09 bits per heavy atom. The molecule has 5 aromatic rings. The molecule has 0 spiro atoms. The Kier molecular flexibility index (Phi) is 39.6. The number of nitrogens with one attached hydrogen (secondary N) is 13. The number of aliphatic hydroxyl groups is 4. The molecule has 3 fully saturated rings. The maximum absolute atomic E-state index is 15.7. The number of guanidine groups is 1. The molecule has 8 rings (SSSR count). The number of rotatable bonds is 25. The number of aromatic nitrogens is 1. The molecule has 1 unspecified atom stereocenters. The number of aromatic amines is 1. The fourth-order valence-corrected chi connectivity index (χ4v) is 17.6. The number of nitrogens with zero attached hydrogens (tertiary/aromatic N) is 5. The number of amides is 17. The van der Waals surface area contributed by atoms with E-state index in [0.717, 1.165) is 41.0 Å². The summed E-state index contributed by atoms with van der Waals surface area (Å²) in [4.78, 5) is 255. The fourth-order valence-electron chi connectivity index (χ4n) is 15.7. The molecule has 0 bridgehead atoms. The molecule has 24 N–H and O–H groups in total. The maximum Gasteiger partial charge on any atom is 0.246 e. The molecule has 3 aromatic carbocycles. The van der Waals surface area contributed by atoms with Crippen LogP contribution in [0.2, 0.25) is 0 Å². The van der Waals surface area contributed by atoms with Crippen LogP contribution in [0.5, 0.6) is 5.75 Å². The molecule has 0 aliphatic carbocycles. The number of thiophene rings is 1. The van der Waals surface area contributed by atoms with Crippen molar-refractivity contribution in [3.8, 4) is 5.75 Å². The number of phenols is 1. The zero-order chi connectivity index (χ0) is 96.0. The lowest BCUT2D eigenvalue weighted by Crippen LogP contribution is -2.62. The van der Waals surface area contributed by atoms with Crippen LogP contribution in [-0.4, -0.2) is 331 Å². The van der Waals surface area contributed by atoms with Crippen molar-refractivity contribution in [3.05, 3.63) is 101 Å². The smallest absolute Gasteiger partial charge is 0.246 e. The van der Waals surface area contributed by atoms with Crippen molar-refractivity contribution in [1.82, 2.24) is 88.0 Å². The predicted octanol–water partition coefficient (Wildman–Crippen LogP) is -4.83. The Balaban J connectivity index is 1.18. The van der Waals surface area contributed by atoms with Crippen molar-refractivity contribution < 1.29 is 107 Å². The second-order valence-electron chi connectivity index (χ2n) is 32.7. The lowest BCUT2D eigenvalue weighted by Gasteiger charge is -2.36. The maximum atomic E-state index is 15.7. The standard InChI is InChI=1S/C86H121N21O22S2/c1-7-9-21-64-78(122)95-55(20-15-30-91-86(89)90)74(118)102-63(73(117)93-39-70(88)114)44-130-45-71(115)94-58(33-47-25-27-50(111)28-26-47)81(125)103(4)46(3)72(116)98-60(37-69(87)113)84(128)106-31-16-23-65(106)79(123)101-62(42-110)76(120)96-56(29-32-108)83(127)107-40-51(112)36-67(107)80(124)97-57(34-48-38-92-54-19-13-11-17-52(48)54)75(119)100-61(41-109)77(121)99-59(35-49-43-131-68-24-14-12-18-53(49)68)82(126)105(6)66(22-10-8-2)85(129)104(64)5/h11-14,17-19,24-28,38,43,46,51,55-67,92,108-112H,7-10,15-16,20-23,29-37,39-42,44-45H2,1-6H3,(H2,87,113)(H2,88,114)(H,93,117)(H,94,115)(H,95,122)(H,96,120)(H,97,124)(H,98,116)(H,99,121)(H,100,119)(H,101,123)(H,102,118)(H4,89,90,91)/t46-,51+,55-,56-,57-,58-,59-,60-,61-,62-,63?,64-,65-,66-,67-/m0/s1. The second kappa shape index (κ2) is 50.0. The molecule has 3 aliphatic heterocycles. The van der Waals surface area contributed by atoms with E-state index in [0.29, 0.717) is 58.7 Å². The van der Waals surface area contributed by atoms with Gasteiger partial charge in [-0.2, -0.15) is 0 Å². The van der Waals surface area contributed by atoms with Gasteiger partial charge in [0.15, 0.2) is 5.96 Å². The van der Waals surface area contributed by atoms with E-state index in [-0.39, 0.29) is 76.6 Å². The summed E-state index contributed by atoms with van der Waals surface area (Å²) in [5.41, 5.74) is 18.7. The van der Waals surface area contributed by atoms with Gasteiger partial charge in [0.25, 0.3) is 0 Å². The summed E-state index contributed by atoms with van der Waals surface area (Å²) in [7, 11) is 3.86. The number of aliphatic hydroxyl groups excluding tert-OH is 4. The molecule has 3 saturated heterocycles. The minimum Gasteiger partial charge on any atom is -0.508 e. The van der Waals surface area contributed by atoms with Crippen molar-refractivity contribution in [2.45, 2.75) is 214 Å². The third-order valence-electron chi connectivity index (χ3n) is 23.1. The van der Waals surface area contributed by atoms with Crippen molar-refractivity contribution in [2.24, 2.45) is 17.2 Å². The molecule has 0 saturated carbocycles. The van der Waals surface area contributed by atoms with E-state index in [2.05, 4.69) is 63.5 Å². The highest BCUT2D eigenvalue weighted by molar-refractivity contribution is 8.00. The van der Waals surface area contributed by atoms with Gasteiger partial charge in [-0.15, -0.1) is 23.1 Å². The minimum absolute atomic E-state index is 0.0168. The number of aromatic hydroxyl groups is 1. The number of primary amides is 2. The van der Waals surface area contributed by atoms with Gasteiger partial charge < -0.3 is 131 Å². The summed E-state index contributed by atoms with van der Waals surface area (Å²) in [6.07, 6.45) is -1.24. The number of fused-ring (bicyclic) bond motifs is 4. The quantitative estimate of drug-likeness (QED) is 0.0148. The van der Waals surface area contributed by atoms with Gasteiger partial charge in [-0.25, -0.2) is 0 Å². The summed E-state index contributed by atoms with van der Waals surface area (Å²) in [6, 6.07) is -3.24. The first-order valence-corrected chi connectivity index (χ1v) is 45.4. The van der Waals surface area contributed by atoms with Crippen LogP contribution in [-0.2, 0) is 101 Å². The summed E-state index contributed by atoms with van der Waals surface area (Å²) in [6.45, 7) is 0.342. The molecule has 17 amide bonds. The van der Waals surface area contributed by atoms with Gasteiger partial charge >= 0.3 is 0 Å².